The van der Waals surface area contributed by atoms with Crippen LogP contribution in [0, 0.1) is 12.7 Å². The summed E-state index contributed by atoms with van der Waals surface area (Å²) in [5, 5.41) is 2.51. The minimum Gasteiger partial charge on any atom is -0.474 e. The van der Waals surface area contributed by atoms with E-state index in [1.807, 2.05) is 20.8 Å². The second kappa shape index (κ2) is 9.60. The Bertz CT molecular complexity index is 1200. The van der Waals surface area contributed by atoms with E-state index in [0.717, 1.165) is 6.07 Å². The first-order valence-corrected chi connectivity index (χ1v) is 13.3. The van der Waals surface area contributed by atoms with Crippen LogP contribution in [0.25, 0.3) is 0 Å². The van der Waals surface area contributed by atoms with Gasteiger partial charge in [0.2, 0.25) is 5.88 Å². The molecule has 0 bridgehead atoms. The van der Waals surface area contributed by atoms with E-state index in [0.29, 0.717) is 56.0 Å². The Kier molecular flexibility index (Phi) is 6.90. The molecule has 1 saturated carbocycles. The quantitative estimate of drug-likeness (QED) is 0.615. The Morgan fingerprint density at radius 1 is 1.14 bits per heavy atom. The number of ether oxygens (including phenoxy) is 2. The topological polar surface area (TPSA) is 111 Å². The average molecular weight is 507 g/mol. The molecule has 2 aliphatic rings. The van der Waals surface area contributed by atoms with Crippen LogP contribution in [0.1, 0.15) is 52.0 Å². The van der Waals surface area contributed by atoms with Crippen LogP contribution >= 0.6 is 0 Å². The SMILES string of the molecule is Cc1c(Nc2ccc(S(=O)(=O)C3CC3)cc2F)ncnc1OC1CCN(C(=O)OC(C)(C)C)CC1. The second-order valence-electron chi connectivity index (χ2n) is 9.95. The third-order valence-corrected chi connectivity index (χ3v) is 8.16. The van der Waals surface area contributed by atoms with E-state index in [4.69, 9.17) is 9.47 Å². The molecule has 1 amide bonds. The van der Waals surface area contributed by atoms with Gasteiger partial charge in [-0.25, -0.2) is 27.6 Å². The number of aromatic nitrogens is 2. The number of sulfone groups is 1. The number of carbonyl (C=O) groups excluding carboxylic acids is 1. The number of nitrogens with zero attached hydrogens (tertiary/aromatic N) is 3. The van der Waals surface area contributed by atoms with Crippen LogP contribution in [0.5, 0.6) is 5.88 Å². The van der Waals surface area contributed by atoms with Crippen LogP contribution in [-0.4, -0.2) is 59.4 Å². The lowest BCUT2D eigenvalue weighted by atomic mass is 10.1. The standard InChI is InChI=1S/C24H31FN4O5S/c1-15-21(28-20-8-7-18(13-19(20)25)35(31,32)17-5-6-17)26-14-27-22(15)33-16-9-11-29(12-10-16)23(30)34-24(2,3)4/h7-8,13-14,16-17H,5-6,9-12H2,1-4H3,(H,26,27,28). The molecule has 1 saturated heterocycles. The summed E-state index contributed by atoms with van der Waals surface area (Å²) in [4.78, 5) is 22.3. The summed E-state index contributed by atoms with van der Waals surface area (Å²) < 4.78 is 51.0. The third kappa shape index (κ3) is 6.01. The minimum absolute atomic E-state index is 0.00999. The van der Waals surface area contributed by atoms with Crippen LogP contribution < -0.4 is 10.1 Å². The van der Waals surface area contributed by atoms with Crippen molar-refractivity contribution < 1.29 is 27.1 Å². The molecule has 35 heavy (non-hydrogen) atoms. The molecule has 1 aliphatic heterocycles. The van der Waals surface area contributed by atoms with Gasteiger partial charge in [-0.2, -0.15) is 0 Å². The Morgan fingerprint density at radius 2 is 1.83 bits per heavy atom. The Labute approximate surface area is 205 Å². The van der Waals surface area contributed by atoms with Crippen LogP contribution in [0.4, 0.5) is 20.7 Å². The van der Waals surface area contributed by atoms with Crippen LogP contribution in [0.2, 0.25) is 0 Å². The lowest BCUT2D eigenvalue weighted by molar-refractivity contribution is 0.0122. The zero-order chi connectivity index (χ0) is 25.4. The number of halogens is 1. The number of piperidine rings is 1. The van der Waals surface area contributed by atoms with Crippen molar-refractivity contribution in [1.29, 1.82) is 0 Å². The molecule has 2 heterocycles. The largest absolute Gasteiger partial charge is 0.474 e. The van der Waals surface area contributed by atoms with Crippen LogP contribution in [0.3, 0.4) is 0 Å². The van der Waals surface area contributed by atoms with Gasteiger partial charge in [-0.05, 0) is 58.7 Å². The second-order valence-corrected chi connectivity index (χ2v) is 12.2. The molecule has 0 spiro atoms. The average Bonchev–Trinajstić information content (AvgIpc) is 3.63. The predicted molar refractivity (Wildman–Crippen MR) is 128 cm³/mol. The number of likely N-dealkylation sites (tertiary alicyclic amines) is 1. The molecule has 0 unspecified atom stereocenters. The van der Waals surface area contributed by atoms with Gasteiger partial charge < -0.3 is 19.7 Å². The molecule has 2 fully saturated rings. The molecule has 1 N–H and O–H groups in total. The third-order valence-electron chi connectivity index (χ3n) is 5.90. The van der Waals surface area contributed by atoms with Gasteiger partial charge in [0.05, 0.1) is 21.4 Å². The molecule has 2 aromatic rings. The highest BCUT2D eigenvalue weighted by Gasteiger charge is 2.37. The smallest absolute Gasteiger partial charge is 0.410 e. The predicted octanol–water partition coefficient (Wildman–Crippen LogP) is 4.38. The first-order valence-electron chi connectivity index (χ1n) is 11.7. The summed E-state index contributed by atoms with van der Waals surface area (Å²) in [6, 6.07) is 3.85. The monoisotopic (exact) mass is 506 g/mol. The molecule has 190 valence electrons. The van der Waals surface area contributed by atoms with E-state index < -0.39 is 26.5 Å². The lowest BCUT2D eigenvalue weighted by Gasteiger charge is -2.33. The van der Waals surface area contributed by atoms with Crippen molar-refractivity contribution in [2.75, 3.05) is 18.4 Å². The van der Waals surface area contributed by atoms with Gasteiger partial charge in [0.1, 0.15) is 29.7 Å². The summed E-state index contributed by atoms with van der Waals surface area (Å²) in [6.45, 7) is 8.28. The molecule has 1 aromatic carbocycles. The Balaban J connectivity index is 1.39. The summed E-state index contributed by atoms with van der Waals surface area (Å²) in [5.41, 5.74) is 0.159. The van der Waals surface area contributed by atoms with Gasteiger partial charge in [0.15, 0.2) is 9.84 Å². The molecule has 1 aromatic heterocycles. The summed E-state index contributed by atoms with van der Waals surface area (Å²) in [6.07, 6.45) is 3.33. The highest BCUT2D eigenvalue weighted by Crippen LogP contribution is 2.35. The fraction of sp³-hybridized carbons (Fsp3) is 0.542. The van der Waals surface area contributed by atoms with E-state index in [2.05, 4.69) is 15.3 Å². The first kappa shape index (κ1) is 25.2. The van der Waals surface area contributed by atoms with E-state index in [1.165, 1.54) is 18.5 Å². The molecule has 11 heteroatoms. The van der Waals surface area contributed by atoms with Crippen molar-refractivity contribution in [1.82, 2.24) is 14.9 Å². The van der Waals surface area contributed by atoms with Gasteiger partial charge in [0.25, 0.3) is 0 Å². The number of amides is 1. The maximum atomic E-state index is 14.7. The van der Waals surface area contributed by atoms with Gasteiger partial charge in [0, 0.05) is 25.9 Å². The maximum Gasteiger partial charge on any atom is 0.410 e. The number of nitrogens with one attached hydrogen (secondary N) is 1. The zero-order valence-electron chi connectivity index (χ0n) is 20.4. The molecule has 9 nitrogen and oxygen atoms in total. The van der Waals surface area contributed by atoms with Crippen LogP contribution in [0.15, 0.2) is 29.4 Å². The summed E-state index contributed by atoms with van der Waals surface area (Å²) >= 11 is 0. The van der Waals surface area contributed by atoms with E-state index in [-0.39, 0.29) is 22.8 Å². The minimum atomic E-state index is -3.47. The van der Waals surface area contributed by atoms with Crippen molar-refractivity contribution in [2.24, 2.45) is 0 Å². The zero-order valence-corrected chi connectivity index (χ0v) is 21.2. The molecular weight excluding hydrogens is 475 g/mol. The molecule has 0 atom stereocenters. The molecule has 1 aliphatic carbocycles. The lowest BCUT2D eigenvalue weighted by Crippen LogP contribution is -2.44. The van der Waals surface area contributed by atoms with E-state index in [9.17, 15) is 17.6 Å². The number of anilines is 2. The number of hydrogen-bond acceptors (Lipinski definition) is 8. The fourth-order valence-electron chi connectivity index (χ4n) is 3.79. The first-order chi connectivity index (χ1) is 16.4. The van der Waals surface area contributed by atoms with Crippen molar-refractivity contribution in [3.8, 4) is 5.88 Å². The van der Waals surface area contributed by atoms with Gasteiger partial charge in [-0.15, -0.1) is 0 Å². The van der Waals surface area contributed by atoms with Gasteiger partial charge in [-0.3, -0.25) is 0 Å². The van der Waals surface area contributed by atoms with Crippen molar-refractivity contribution in [3.63, 3.8) is 0 Å². The van der Waals surface area contributed by atoms with Crippen molar-refractivity contribution in [3.05, 3.63) is 35.9 Å². The van der Waals surface area contributed by atoms with Crippen LogP contribution in [-0.2, 0) is 14.6 Å². The Morgan fingerprint density at radius 3 is 2.43 bits per heavy atom. The normalized spacial score (nSPS) is 17.2. The number of hydrogen-bond donors (Lipinski definition) is 1. The van der Waals surface area contributed by atoms with E-state index >= 15 is 0 Å². The number of benzene rings is 1. The van der Waals surface area contributed by atoms with Gasteiger partial charge >= 0.3 is 6.09 Å². The molecular formula is C24H31FN4O5S. The van der Waals surface area contributed by atoms with Crippen molar-refractivity contribution in [2.45, 2.75) is 75.2 Å². The fourth-order valence-corrected chi connectivity index (χ4v) is 5.46. The highest BCUT2D eigenvalue weighted by atomic mass is 32.2. The summed E-state index contributed by atoms with van der Waals surface area (Å²) in [5.74, 6) is 0.0474. The molecule has 4 rings (SSSR count). The maximum absolute atomic E-state index is 14.7. The highest BCUT2D eigenvalue weighted by molar-refractivity contribution is 7.92. The van der Waals surface area contributed by atoms with E-state index in [1.54, 1.807) is 11.8 Å². The van der Waals surface area contributed by atoms with Crippen molar-refractivity contribution >= 4 is 27.4 Å². The van der Waals surface area contributed by atoms with Gasteiger partial charge in [-0.1, -0.05) is 0 Å². The number of carbonyl (C=O) groups is 1. The molecule has 0 radical (unpaired) electrons. The Hall–Kier alpha value is -2.95. The number of rotatable bonds is 6. The summed E-state index contributed by atoms with van der Waals surface area (Å²) in [7, 11) is -3.47.